The van der Waals surface area contributed by atoms with Crippen LogP contribution < -0.4 is 16.2 Å². The zero-order valence-electron chi connectivity index (χ0n) is 12.6. The number of nitrogens with zero attached hydrogens (tertiary/aromatic N) is 4. The average Bonchev–Trinajstić information content (AvgIpc) is 2.34. The van der Waals surface area contributed by atoms with Gasteiger partial charge in [0.1, 0.15) is 18.0 Å². The van der Waals surface area contributed by atoms with E-state index in [4.69, 9.17) is 5.84 Å². The Bertz CT molecular complexity index is 391. The summed E-state index contributed by atoms with van der Waals surface area (Å²) < 4.78 is 0. The first-order valence-electron chi connectivity index (χ1n) is 6.63. The Labute approximate surface area is 116 Å². The second kappa shape index (κ2) is 7.25. The summed E-state index contributed by atoms with van der Waals surface area (Å²) in [7, 11) is 4.15. The lowest BCUT2D eigenvalue weighted by Crippen LogP contribution is -2.35. The van der Waals surface area contributed by atoms with Gasteiger partial charge >= 0.3 is 0 Å². The number of likely N-dealkylation sites (N-methyl/N-ethyl adjacent to an activating group) is 1. The SMILES string of the molecule is Cc1c(NN)ncnc1N(CCN(C)C)CC(C)C. The molecule has 0 radical (unpaired) electrons. The van der Waals surface area contributed by atoms with Crippen molar-refractivity contribution in [2.24, 2.45) is 11.8 Å². The van der Waals surface area contributed by atoms with Gasteiger partial charge in [-0.25, -0.2) is 15.8 Å². The Balaban J connectivity index is 2.95. The highest BCUT2D eigenvalue weighted by Gasteiger charge is 2.15. The third-order valence-corrected chi connectivity index (χ3v) is 2.90. The number of anilines is 2. The quantitative estimate of drug-likeness (QED) is 0.569. The Hall–Kier alpha value is -1.40. The first kappa shape index (κ1) is 15.7. The lowest BCUT2D eigenvalue weighted by molar-refractivity contribution is 0.408. The van der Waals surface area contributed by atoms with Crippen molar-refractivity contribution in [3.63, 3.8) is 0 Å². The first-order valence-corrected chi connectivity index (χ1v) is 6.63. The summed E-state index contributed by atoms with van der Waals surface area (Å²) in [5.41, 5.74) is 3.61. The summed E-state index contributed by atoms with van der Waals surface area (Å²) in [4.78, 5) is 13.0. The summed E-state index contributed by atoms with van der Waals surface area (Å²) in [5, 5.41) is 0. The van der Waals surface area contributed by atoms with E-state index < -0.39 is 0 Å². The van der Waals surface area contributed by atoms with E-state index in [0.717, 1.165) is 31.0 Å². The van der Waals surface area contributed by atoms with Crippen molar-refractivity contribution in [3.8, 4) is 0 Å². The molecule has 0 saturated heterocycles. The summed E-state index contributed by atoms with van der Waals surface area (Å²) >= 11 is 0. The van der Waals surface area contributed by atoms with Gasteiger partial charge in [-0.2, -0.15) is 0 Å². The van der Waals surface area contributed by atoms with Crippen LogP contribution in [0.5, 0.6) is 0 Å². The number of hydrazine groups is 1. The van der Waals surface area contributed by atoms with Crippen LogP contribution in [-0.2, 0) is 0 Å². The van der Waals surface area contributed by atoms with Gasteiger partial charge in [-0.05, 0) is 26.9 Å². The standard InChI is InChI=1S/C13H26N6/c1-10(2)8-19(7-6-18(4)5)13-11(3)12(17-14)15-9-16-13/h9-10H,6-8,14H2,1-5H3,(H,15,16,17). The zero-order chi connectivity index (χ0) is 14.4. The molecule has 1 heterocycles. The molecule has 0 atom stereocenters. The molecule has 0 fully saturated rings. The normalized spacial score (nSPS) is 11.2. The molecular formula is C13H26N6. The molecule has 0 bridgehead atoms. The van der Waals surface area contributed by atoms with E-state index in [9.17, 15) is 0 Å². The van der Waals surface area contributed by atoms with Crippen molar-refractivity contribution in [3.05, 3.63) is 11.9 Å². The van der Waals surface area contributed by atoms with Gasteiger partial charge in [0.2, 0.25) is 0 Å². The van der Waals surface area contributed by atoms with Crippen LogP contribution in [0.4, 0.5) is 11.6 Å². The lowest BCUT2D eigenvalue weighted by atomic mass is 10.2. The van der Waals surface area contributed by atoms with Crippen LogP contribution in [0.3, 0.4) is 0 Å². The van der Waals surface area contributed by atoms with Gasteiger partial charge < -0.3 is 15.2 Å². The van der Waals surface area contributed by atoms with Gasteiger partial charge in [0.05, 0.1) is 0 Å². The summed E-state index contributed by atoms with van der Waals surface area (Å²) in [6.07, 6.45) is 1.56. The molecule has 0 aliphatic heterocycles. The minimum absolute atomic E-state index is 0.575. The molecule has 0 amide bonds. The third-order valence-electron chi connectivity index (χ3n) is 2.90. The third kappa shape index (κ3) is 4.65. The second-order valence-electron chi connectivity index (χ2n) is 5.46. The molecule has 0 saturated carbocycles. The maximum atomic E-state index is 5.48. The highest BCUT2D eigenvalue weighted by atomic mass is 15.3. The Kier molecular flexibility index (Phi) is 5.98. The summed E-state index contributed by atoms with van der Waals surface area (Å²) in [6.45, 7) is 9.31. The van der Waals surface area contributed by atoms with Crippen molar-refractivity contribution in [2.45, 2.75) is 20.8 Å². The highest BCUT2D eigenvalue weighted by Crippen LogP contribution is 2.22. The van der Waals surface area contributed by atoms with E-state index in [1.54, 1.807) is 6.33 Å². The monoisotopic (exact) mass is 266 g/mol. The fourth-order valence-electron chi connectivity index (χ4n) is 1.95. The molecule has 3 N–H and O–H groups in total. The van der Waals surface area contributed by atoms with Crippen LogP contribution >= 0.6 is 0 Å². The van der Waals surface area contributed by atoms with Crippen molar-refractivity contribution < 1.29 is 0 Å². The molecule has 0 aromatic carbocycles. The lowest BCUT2D eigenvalue weighted by Gasteiger charge is -2.28. The van der Waals surface area contributed by atoms with Crippen molar-refractivity contribution >= 4 is 11.6 Å². The number of nitrogens with one attached hydrogen (secondary N) is 1. The molecule has 6 heteroatoms. The number of aromatic nitrogens is 2. The van der Waals surface area contributed by atoms with Crippen LogP contribution in [0.25, 0.3) is 0 Å². The maximum Gasteiger partial charge on any atom is 0.148 e. The van der Waals surface area contributed by atoms with Gasteiger partial charge in [0.15, 0.2) is 0 Å². The molecule has 0 aliphatic carbocycles. The van der Waals surface area contributed by atoms with Gasteiger partial charge in [0.25, 0.3) is 0 Å². The minimum Gasteiger partial charge on any atom is -0.355 e. The maximum absolute atomic E-state index is 5.48. The number of nitrogens with two attached hydrogens (primary N) is 1. The molecule has 0 unspecified atom stereocenters. The Morgan fingerprint density at radius 2 is 1.95 bits per heavy atom. The number of hydrogen-bond donors (Lipinski definition) is 2. The summed E-state index contributed by atoms with van der Waals surface area (Å²) in [6, 6.07) is 0. The largest absolute Gasteiger partial charge is 0.355 e. The van der Waals surface area contributed by atoms with Gasteiger partial charge in [-0.15, -0.1) is 0 Å². The van der Waals surface area contributed by atoms with E-state index >= 15 is 0 Å². The van der Waals surface area contributed by atoms with Crippen LogP contribution in [0.15, 0.2) is 6.33 Å². The van der Waals surface area contributed by atoms with E-state index in [0.29, 0.717) is 11.7 Å². The molecule has 0 spiro atoms. The molecule has 108 valence electrons. The van der Waals surface area contributed by atoms with Gasteiger partial charge in [-0.3, -0.25) is 0 Å². The Morgan fingerprint density at radius 1 is 1.26 bits per heavy atom. The predicted octanol–water partition coefficient (Wildman–Crippen LogP) is 1.09. The predicted molar refractivity (Wildman–Crippen MR) is 80.2 cm³/mol. The zero-order valence-corrected chi connectivity index (χ0v) is 12.6. The van der Waals surface area contributed by atoms with Crippen LogP contribution in [0, 0.1) is 12.8 Å². The van der Waals surface area contributed by atoms with Gasteiger partial charge in [-0.1, -0.05) is 13.8 Å². The molecule has 1 aromatic heterocycles. The first-order chi connectivity index (χ1) is 8.95. The van der Waals surface area contributed by atoms with E-state index in [1.165, 1.54) is 0 Å². The summed E-state index contributed by atoms with van der Waals surface area (Å²) in [5.74, 6) is 7.69. The van der Waals surface area contributed by atoms with Crippen LogP contribution in [0.1, 0.15) is 19.4 Å². The fraction of sp³-hybridized carbons (Fsp3) is 0.692. The van der Waals surface area contributed by atoms with Gasteiger partial charge in [0, 0.05) is 25.2 Å². The number of nitrogen functional groups attached to an aromatic ring is 1. The average molecular weight is 266 g/mol. The molecule has 1 aromatic rings. The topological polar surface area (TPSA) is 70.3 Å². The molecule has 0 aliphatic rings. The molecule has 6 nitrogen and oxygen atoms in total. The van der Waals surface area contributed by atoms with Crippen molar-refractivity contribution in [2.75, 3.05) is 44.1 Å². The molecule has 19 heavy (non-hydrogen) atoms. The van der Waals surface area contributed by atoms with Crippen molar-refractivity contribution in [1.82, 2.24) is 14.9 Å². The minimum atomic E-state index is 0.575. The fourth-order valence-corrected chi connectivity index (χ4v) is 1.95. The van der Waals surface area contributed by atoms with Crippen LogP contribution in [0.2, 0.25) is 0 Å². The smallest absolute Gasteiger partial charge is 0.148 e. The van der Waals surface area contributed by atoms with E-state index in [2.05, 4.69) is 53.1 Å². The second-order valence-corrected chi connectivity index (χ2v) is 5.46. The van der Waals surface area contributed by atoms with Crippen molar-refractivity contribution in [1.29, 1.82) is 0 Å². The van der Waals surface area contributed by atoms with Crippen LogP contribution in [-0.4, -0.2) is 48.6 Å². The molecular weight excluding hydrogens is 240 g/mol. The number of hydrogen-bond acceptors (Lipinski definition) is 6. The Morgan fingerprint density at radius 3 is 2.47 bits per heavy atom. The highest BCUT2D eigenvalue weighted by molar-refractivity contribution is 5.57. The van der Waals surface area contributed by atoms with E-state index in [-0.39, 0.29) is 0 Å². The van der Waals surface area contributed by atoms with E-state index in [1.807, 2.05) is 6.92 Å². The molecule has 1 rings (SSSR count). The number of rotatable bonds is 7.